The molecule has 0 atom stereocenters. The first-order chi connectivity index (χ1) is 6.02. The first-order valence-electron chi connectivity index (χ1n) is 4.08. The van der Waals surface area contributed by atoms with Gasteiger partial charge in [0.1, 0.15) is 6.61 Å². The maximum absolute atomic E-state index is 11.2. The van der Waals surface area contributed by atoms with Crippen LogP contribution in [-0.2, 0) is 9.59 Å². The van der Waals surface area contributed by atoms with Crippen molar-refractivity contribution in [1.29, 1.82) is 0 Å². The lowest BCUT2D eigenvalue weighted by Gasteiger charge is -2.24. The molecule has 74 valence electrons. The summed E-state index contributed by atoms with van der Waals surface area (Å²) in [5.74, 6) is -0.666. The van der Waals surface area contributed by atoms with E-state index in [0.717, 1.165) is 6.08 Å². The average molecular weight is 185 g/mol. The molecular formula is C9H15NO3. The van der Waals surface area contributed by atoms with Gasteiger partial charge >= 0.3 is 0 Å². The van der Waals surface area contributed by atoms with E-state index in [9.17, 15) is 9.59 Å². The van der Waals surface area contributed by atoms with Crippen LogP contribution in [0.15, 0.2) is 12.7 Å². The second-order valence-corrected chi connectivity index (χ2v) is 2.96. The van der Waals surface area contributed by atoms with E-state index >= 15 is 0 Å². The Labute approximate surface area is 77.8 Å². The van der Waals surface area contributed by atoms with Gasteiger partial charge in [-0.05, 0) is 19.9 Å². The highest BCUT2D eigenvalue weighted by molar-refractivity contribution is 5.91. The van der Waals surface area contributed by atoms with Crippen molar-refractivity contribution in [3.63, 3.8) is 0 Å². The number of hydrogen-bond acceptors (Lipinski definition) is 3. The normalized spacial score (nSPS) is 9.85. The van der Waals surface area contributed by atoms with E-state index < -0.39 is 6.61 Å². The van der Waals surface area contributed by atoms with E-state index in [1.54, 1.807) is 13.8 Å². The molecule has 4 heteroatoms. The standard InChI is InChI=1S/C9H15NO3/c1-4-9(13)10(7(2)3)5-8(12)6-11/h4,7,11H,1,5-6H2,2-3H3. The second kappa shape index (κ2) is 5.48. The van der Waals surface area contributed by atoms with Gasteiger partial charge < -0.3 is 10.0 Å². The van der Waals surface area contributed by atoms with Gasteiger partial charge in [0.25, 0.3) is 0 Å². The van der Waals surface area contributed by atoms with Crippen molar-refractivity contribution < 1.29 is 14.7 Å². The van der Waals surface area contributed by atoms with Crippen molar-refractivity contribution >= 4 is 11.7 Å². The van der Waals surface area contributed by atoms with E-state index in [1.807, 2.05) is 0 Å². The molecule has 0 aromatic rings. The van der Waals surface area contributed by atoms with Gasteiger partial charge in [-0.1, -0.05) is 6.58 Å². The summed E-state index contributed by atoms with van der Waals surface area (Å²) in [6, 6.07) is -0.0685. The summed E-state index contributed by atoms with van der Waals surface area (Å²) in [6.07, 6.45) is 1.16. The van der Waals surface area contributed by atoms with Crippen LogP contribution in [0.3, 0.4) is 0 Å². The molecule has 0 unspecified atom stereocenters. The summed E-state index contributed by atoms with van der Waals surface area (Å²) in [6.45, 7) is 6.34. The van der Waals surface area contributed by atoms with Crippen LogP contribution < -0.4 is 0 Å². The van der Waals surface area contributed by atoms with Crippen LogP contribution in [0, 0.1) is 0 Å². The van der Waals surface area contributed by atoms with Gasteiger partial charge in [-0.3, -0.25) is 9.59 Å². The minimum absolute atomic E-state index is 0.0565. The molecule has 1 amide bonds. The summed E-state index contributed by atoms with van der Waals surface area (Å²) < 4.78 is 0. The molecule has 0 saturated carbocycles. The molecule has 0 saturated heterocycles. The lowest BCUT2D eigenvalue weighted by atomic mass is 10.2. The van der Waals surface area contributed by atoms with Crippen LogP contribution in [0.1, 0.15) is 13.8 Å². The highest BCUT2D eigenvalue weighted by Crippen LogP contribution is 1.99. The molecule has 0 heterocycles. The van der Waals surface area contributed by atoms with Crippen molar-refractivity contribution in [2.75, 3.05) is 13.2 Å². The van der Waals surface area contributed by atoms with Crippen LogP contribution in [0.4, 0.5) is 0 Å². The first kappa shape index (κ1) is 11.8. The summed E-state index contributed by atoms with van der Waals surface area (Å²) in [5.41, 5.74) is 0. The molecule has 0 radical (unpaired) electrons. The largest absolute Gasteiger partial charge is 0.389 e. The molecule has 0 aliphatic carbocycles. The minimum atomic E-state index is -0.534. The predicted octanol–water partition coefficient (Wildman–Crippen LogP) is -0.0292. The molecular weight excluding hydrogens is 170 g/mol. The van der Waals surface area contributed by atoms with E-state index in [2.05, 4.69) is 6.58 Å². The molecule has 4 nitrogen and oxygen atoms in total. The first-order valence-corrected chi connectivity index (χ1v) is 4.08. The van der Waals surface area contributed by atoms with Crippen molar-refractivity contribution in [1.82, 2.24) is 4.90 Å². The van der Waals surface area contributed by atoms with E-state index in [1.165, 1.54) is 4.90 Å². The van der Waals surface area contributed by atoms with E-state index in [0.29, 0.717) is 0 Å². The predicted molar refractivity (Wildman–Crippen MR) is 49.1 cm³/mol. The number of rotatable bonds is 5. The highest BCUT2D eigenvalue weighted by atomic mass is 16.3. The summed E-state index contributed by atoms with van der Waals surface area (Å²) in [4.78, 5) is 23.4. The molecule has 0 spiro atoms. The Morgan fingerprint density at radius 2 is 2.08 bits per heavy atom. The van der Waals surface area contributed by atoms with Crippen LogP contribution in [0.5, 0.6) is 0 Å². The average Bonchev–Trinajstić information content (AvgIpc) is 2.11. The number of Topliss-reactive ketones (excluding diaryl/α,β-unsaturated/α-hetero) is 1. The van der Waals surface area contributed by atoms with Gasteiger partial charge in [-0.25, -0.2) is 0 Å². The Hall–Kier alpha value is -1.16. The summed E-state index contributed by atoms with van der Waals surface area (Å²) >= 11 is 0. The maximum atomic E-state index is 11.2. The lowest BCUT2D eigenvalue weighted by molar-refractivity contribution is -0.134. The van der Waals surface area contributed by atoms with Crippen molar-refractivity contribution in [2.45, 2.75) is 19.9 Å². The SMILES string of the molecule is C=CC(=O)N(CC(=O)CO)C(C)C. The van der Waals surface area contributed by atoms with Crippen molar-refractivity contribution in [2.24, 2.45) is 0 Å². The van der Waals surface area contributed by atoms with E-state index in [-0.39, 0.29) is 24.3 Å². The highest BCUT2D eigenvalue weighted by Gasteiger charge is 2.16. The molecule has 0 aromatic carbocycles. The van der Waals surface area contributed by atoms with Gasteiger partial charge in [-0.15, -0.1) is 0 Å². The Bertz CT molecular complexity index is 211. The molecule has 13 heavy (non-hydrogen) atoms. The van der Waals surface area contributed by atoms with Gasteiger partial charge in [0.2, 0.25) is 5.91 Å². The van der Waals surface area contributed by atoms with Crippen molar-refractivity contribution in [3.8, 4) is 0 Å². The van der Waals surface area contributed by atoms with Crippen molar-refractivity contribution in [3.05, 3.63) is 12.7 Å². The number of aliphatic hydroxyl groups is 1. The minimum Gasteiger partial charge on any atom is -0.389 e. The topological polar surface area (TPSA) is 57.6 Å². The fourth-order valence-corrected chi connectivity index (χ4v) is 0.872. The molecule has 0 bridgehead atoms. The quantitative estimate of drug-likeness (QED) is 0.612. The molecule has 1 N–H and O–H groups in total. The number of aliphatic hydroxyl groups excluding tert-OH is 1. The smallest absolute Gasteiger partial charge is 0.246 e. The number of nitrogens with zero attached hydrogens (tertiary/aromatic N) is 1. The monoisotopic (exact) mass is 185 g/mol. The summed E-state index contributed by atoms with van der Waals surface area (Å²) in [5, 5.41) is 8.51. The molecule has 0 aromatic heterocycles. The Morgan fingerprint density at radius 1 is 1.54 bits per heavy atom. The maximum Gasteiger partial charge on any atom is 0.246 e. The number of amides is 1. The zero-order valence-electron chi connectivity index (χ0n) is 7.99. The van der Waals surface area contributed by atoms with Crippen LogP contribution in [0.2, 0.25) is 0 Å². The Morgan fingerprint density at radius 3 is 2.38 bits per heavy atom. The zero-order valence-corrected chi connectivity index (χ0v) is 7.99. The van der Waals surface area contributed by atoms with Gasteiger partial charge in [-0.2, -0.15) is 0 Å². The number of ketones is 1. The fourth-order valence-electron chi connectivity index (χ4n) is 0.872. The molecule has 0 rings (SSSR count). The second-order valence-electron chi connectivity index (χ2n) is 2.96. The lowest BCUT2D eigenvalue weighted by Crippen LogP contribution is -2.40. The Balaban J connectivity index is 4.34. The number of carbonyl (C=O) groups is 2. The molecule has 0 fully saturated rings. The third kappa shape index (κ3) is 3.85. The number of hydrogen-bond donors (Lipinski definition) is 1. The Kier molecular flexibility index (Phi) is 4.99. The van der Waals surface area contributed by atoms with Crippen LogP contribution in [0.25, 0.3) is 0 Å². The molecule has 0 aliphatic rings. The van der Waals surface area contributed by atoms with Gasteiger partial charge in [0, 0.05) is 6.04 Å². The van der Waals surface area contributed by atoms with Gasteiger partial charge in [0.15, 0.2) is 5.78 Å². The van der Waals surface area contributed by atoms with Gasteiger partial charge in [0.05, 0.1) is 6.54 Å². The third-order valence-corrected chi connectivity index (χ3v) is 1.60. The fraction of sp³-hybridized carbons (Fsp3) is 0.556. The zero-order chi connectivity index (χ0) is 10.4. The van der Waals surface area contributed by atoms with Crippen LogP contribution in [-0.4, -0.2) is 40.9 Å². The number of carbonyl (C=O) groups excluding carboxylic acids is 2. The third-order valence-electron chi connectivity index (χ3n) is 1.60. The van der Waals surface area contributed by atoms with E-state index in [4.69, 9.17) is 5.11 Å². The van der Waals surface area contributed by atoms with Crippen LogP contribution >= 0.6 is 0 Å². The summed E-state index contributed by atoms with van der Waals surface area (Å²) in [7, 11) is 0. The molecule has 0 aliphatic heterocycles.